The number of carbonyl (C=O) groups excluding carboxylic acids is 1. The van der Waals surface area contributed by atoms with Crippen LogP contribution in [0.3, 0.4) is 0 Å². The first-order valence-corrected chi connectivity index (χ1v) is 8.23. The van der Waals surface area contributed by atoms with Crippen LogP contribution in [0.4, 0.5) is 10.6 Å². The fourth-order valence-electron chi connectivity index (χ4n) is 3.04. The van der Waals surface area contributed by atoms with E-state index in [0.717, 1.165) is 24.8 Å². The minimum Gasteiger partial charge on any atom is -0.443 e. The third kappa shape index (κ3) is 4.21. The molecule has 1 saturated carbocycles. The van der Waals surface area contributed by atoms with E-state index in [2.05, 4.69) is 11.9 Å². The van der Waals surface area contributed by atoms with Gasteiger partial charge in [-0.15, -0.1) is 0 Å². The number of nitrogens with zero attached hydrogens (tertiary/aromatic N) is 2. The van der Waals surface area contributed by atoms with Gasteiger partial charge in [-0.3, -0.25) is 4.90 Å². The summed E-state index contributed by atoms with van der Waals surface area (Å²) in [5.41, 5.74) is 0.596. The lowest BCUT2D eigenvalue weighted by molar-refractivity contribution is 0.0543. The van der Waals surface area contributed by atoms with Gasteiger partial charge in [0.2, 0.25) is 0 Å². The molecule has 0 aromatic carbocycles. The van der Waals surface area contributed by atoms with Crippen molar-refractivity contribution >= 4 is 11.9 Å². The molecule has 1 aliphatic rings. The molecule has 1 aliphatic carbocycles. The quantitative estimate of drug-likeness (QED) is 0.794. The Morgan fingerprint density at radius 1 is 1.32 bits per heavy atom. The highest BCUT2D eigenvalue weighted by Gasteiger charge is 2.35. The van der Waals surface area contributed by atoms with Gasteiger partial charge in [0, 0.05) is 12.2 Å². The molecule has 2 atom stereocenters. The number of hydrogen-bond acceptors (Lipinski definition) is 3. The lowest BCUT2D eigenvalue weighted by atomic mass is 9.85. The first kappa shape index (κ1) is 16.8. The molecule has 2 rings (SSSR count). The molecule has 0 N–H and O–H groups in total. The zero-order valence-corrected chi connectivity index (χ0v) is 14.4. The van der Waals surface area contributed by atoms with E-state index < -0.39 is 5.60 Å². The number of rotatable bonds is 2. The van der Waals surface area contributed by atoms with E-state index in [4.69, 9.17) is 4.74 Å². The fourth-order valence-corrected chi connectivity index (χ4v) is 3.04. The molecule has 0 saturated heterocycles. The van der Waals surface area contributed by atoms with Crippen molar-refractivity contribution in [3.8, 4) is 0 Å². The number of amides is 1. The lowest BCUT2D eigenvalue weighted by Crippen LogP contribution is -2.48. The van der Waals surface area contributed by atoms with Gasteiger partial charge >= 0.3 is 6.09 Å². The Balaban J connectivity index is 2.33. The first-order valence-electron chi connectivity index (χ1n) is 8.23. The molecule has 1 aromatic rings. The zero-order chi connectivity index (χ0) is 16.3. The topological polar surface area (TPSA) is 42.4 Å². The molecule has 0 unspecified atom stereocenters. The number of aryl methyl sites for hydroxylation is 1. The number of ether oxygens (including phenoxy) is 1. The largest absolute Gasteiger partial charge is 0.443 e. The van der Waals surface area contributed by atoms with Crippen molar-refractivity contribution in [1.82, 2.24) is 4.98 Å². The fraction of sp³-hybridized carbons (Fsp3) is 0.667. The minimum absolute atomic E-state index is 0.165. The van der Waals surface area contributed by atoms with Crippen LogP contribution in [0.1, 0.15) is 58.9 Å². The van der Waals surface area contributed by atoms with Crippen molar-refractivity contribution in [3.63, 3.8) is 0 Å². The van der Waals surface area contributed by atoms with Crippen molar-refractivity contribution in [2.75, 3.05) is 4.90 Å². The Kier molecular flexibility index (Phi) is 5.09. The summed E-state index contributed by atoms with van der Waals surface area (Å²) >= 11 is 0. The van der Waals surface area contributed by atoms with Gasteiger partial charge in [0.05, 0.1) is 0 Å². The van der Waals surface area contributed by atoms with E-state index in [1.54, 1.807) is 11.1 Å². The summed E-state index contributed by atoms with van der Waals surface area (Å²) in [7, 11) is 0. The van der Waals surface area contributed by atoms with Crippen molar-refractivity contribution in [1.29, 1.82) is 0 Å². The molecule has 4 heteroatoms. The van der Waals surface area contributed by atoms with Crippen molar-refractivity contribution in [2.45, 2.75) is 71.9 Å². The predicted octanol–water partition coefficient (Wildman–Crippen LogP) is 4.71. The number of hydrogen-bond donors (Lipinski definition) is 0. The third-order valence-corrected chi connectivity index (χ3v) is 4.14. The highest BCUT2D eigenvalue weighted by atomic mass is 16.6. The Labute approximate surface area is 133 Å². The zero-order valence-electron chi connectivity index (χ0n) is 14.4. The SMILES string of the molecule is Cc1ccnc(N(C(=O)OC(C)(C)C)[C@H]2CCCC[C@H]2C)c1. The van der Waals surface area contributed by atoms with Crippen molar-refractivity contribution in [3.05, 3.63) is 23.9 Å². The molecule has 1 amide bonds. The van der Waals surface area contributed by atoms with Crippen LogP contribution in [0.25, 0.3) is 0 Å². The number of pyridine rings is 1. The molecule has 0 aliphatic heterocycles. The predicted molar refractivity (Wildman–Crippen MR) is 89.1 cm³/mol. The van der Waals surface area contributed by atoms with E-state index in [1.165, 1.54) is 6.42 Å². The average Bonchev–Trinajstić information content (AvgIpc) is 2.39. The van der Waals surface area contributed by atoms with Gasteiger partial charge in [-0.25, -0.2) is 9.78 Å². The Hall–Kier alpha value is -1.58. The Morgan fingerprint density at radius 3 is 2.59 bits per heavy atom. The maximum atomic E-state index is 12.8. The number of anilines is 1. The van der Waals surface area contributed by atoms with E-state index in [0.29, 0.717) is 11.7 Å². The van der Waals surface area contributed by atoms with Gasteiger partial charge in [-0.05, 0) is 64.2 Å². The van der Waals surface area contributed by atoms with Gasteiger partial charge in [-0.2, -0.15) is 0 Å². The van der Waals surface area contributed by atoms with Crippen LogP contribution in [-0.4, -0.2) is 22.7 Å². The molecule has 0 spiro atoms. The second kappa shape index (κ2) is 6.67. The summed E-state index contributed by atoms with van der Waals surface area (Å²) < 4.78 is 5.64. The second-order valence-corrected chi connectivity index (χ2v) is 7.37. The van der Waals surface area contributed by atoms with Crippen LogP contribution in [-0.2, 0) is 4.74 Å². The average molecular weight is 304 g/mol. The summed E-state index contributed by atoms with van der Waals surface area (Å²) in [6.45, 7) is 9.94. The van der Waals surface area contributed by atoms with Crippen LogP contribution in [0.5, 0.6) is 0 Å². The number of aromatic nitrogens is 1. The third-order valence-electron chi connectivity index (χ3n) is 4.14. The molecule has 1 heterocycles. The highest BCUT2D eigenvalue weighted by Crippen LogP contribution is 2.32. The van der Waals surface area contributed by atoms with Crippen molar-refractivity contribution in [2.24, 2.45) is 5.92 Å². The maximum Gasteiger partial charge on any atom is 0.416 e. The summed E-state index contributed by atoms with van der Waals surface area (Å²) in [5.74, 6) is 1.16. The Bertz CT molecular complexity index is 522. The minimum atomic E-state index is -0.503. The molecule has 22 heavy (non-hydrogen) atoms. The second-order valence-electron chi connectivity index (χ2n) is 7.37. The maximum absolute atomic E-state index is 12.8. The molecular formula is C18H28N2O2. The first-order chi connectivity index (χ1) is 10.3. The normalized spacial score (nSPS) is 22.2. The van der Waals surface area contributed by atoms with Gasteiger partial charge in [-0.1, -0.05) is 19.8 Å². The summed E-state index contributed by atoms with van der Waals surface area (Å²) in [5, 5.41) is 0. The monoisotopic (exact) mass is 304 g/mol. The standard InChI is InChI=1S/C18H28N2O2/c1-13-10-11-19-16(12-13)20(17(21)22-18(3,4)5)15-9-7-6-8-14(15)2/h10-12,14-15H,6-9H2,1-5H3/t14-,15+/m1/s1. The van der Waals surface area contributed by atoms with E-state index in [1.807, 2.05) is 39.8 Å². The molecular weight excluding hydrogens is 276 g/mol. The van der Waals surface area contributed by atoms with Crippen LogP contribution >= 0.6 is 0 Å². The summed E-state index contributed by atoms with van der Waals surface area (Å²) in [4.78, 5) is 19.0. The van der Waals surface area contributed by atoms with E-state index >= 15 is 0 Å². The summed E-state index contributed by atoms with van der Waals surface area (Å²) in [6.07, 6.45) is 6.02. The summed E-state index contributed by atoms with van der Waals surface area (Å²) in [6, 6.07) is 4.07. The van der Waals surface area contributed by atoms with E-state index in [9.17, 15) is 4.79 Å². The molecule has 0 bridgehead atoms. The van der Waals surface area contributed by atoms with E-state index in [-0.39, 0.29) is 12.1 Å². The van der Waals surface area contributed by atoms with Gasteiger partial charge < -0.3 is 4.74 Å². The molecule has 1 fully saturated rings. The van der Waals surface area contributed by atoms with Gasteiger partial charge in [0.1, 0.15) is 11.4 Å². The van der Waals surface area contributed by atoms with Gasteiger partial charge in [0.25, 0.3) is 0 Å². The lowest BCUT2D eigenvalue weighted by Gasteiger charge is -2.38. The van der Waals surface area contributed by atoms with Crippen LogP contribution in [0.15, 0.2) is 18.3 Å². The van der Waals surface area contributed by atoms with Crippen LogP contribution < -0.4 is 4.90 Å². The molecule has 122 valence electrons. The highest BCUT2D eigenvalue weighted by molar-refractivity contribution is 5.87. The van der Waals surface area contributed by atoms with Gasteiger partial charge in [0.15, 0.2) is 0 Å². The Morgan fingerprint density at radius 2 is 2.00 bits per heavy atom. The van der Waals surface area contributed by atoms with Crippen molar-refractivity contribution < 1.29 is 9.53 Å². The molecule has 0 radical (unpaired) electrons. The smallest absolute Gasteiger partial charge is 0.416 e. The van der Waals surface area contributed by atoms with Crippen LogP contribution in [0, 0.1) is 12.8 Å². The molecule has 1 aromatic heterocycles. The number of carbonyl (C=O) groups is 1. The van der Waals surface area contributed by atoms with Crippen LogP contribution in [0.2, 0.25) is 0 Å². The molecule has 4 nitrogen and oxygen atoms in total.